The van der Waals surface area contributed by atoms with Crippen LogP contribution in [0.1, 0.15) is 41.0 Å². The van der Waals surface area contributed by atoms with E-state index < -0.39 is 22.2 Å². The summed E-state index contributed by atoms with van der Waals surface area (Å²) in [5, 5.41) is 0. The van der Waals surface area contributed by atoms with Crippen LogP contribution in [0.3, 0.4) is 0 Å². The van der Waals surface area contributed by atoms with Gasteiger partial charge in [-0.2, -0.15) is 8.42 Å². The minimum absolute atomic E-state index is 0.0609. The van der Waals surface area contributed by atoms with Gasteiger partial charge in [-0.3, -0.25) is 0 Å². The number of hydrogen-bond acceptors (Lipinski definition) is 6. The Morgan fingerprint density at radius 2 is 1.84 bits per heavy atom. The summed E-state index contributed by atoms with van der Waals surface area (Å²) in [6, 6.07) is 0. The van der Waals surface area contributed by atoms with Gasteiger partial charge in [0.25, 0.3) is 0 Å². The fraction of sp³-hybridized carbons (Fsp3) is 0.750. The molecule has 0 aliphatic heterocycles. The number of rotatable bonds is 8. The molecule has 1 atom stereocenters. The Hall–Kier alpha value is -0.920. The third-order valence-electron chi connectivity index (χ3n) is 2.49. The molecule has 0 spiro atoms. The fourth-order valence-corrected chi connectivity index (χ4v) is 2.38. The van der Waals surface area contributed by atoms with Crippen molar-refractivity contribution in [2.75, 3.05) is 6.61 Å². The van der Waals surface area contributed by atoms with E-state index in [1.807, 2.05) is 0 Å². The van der Waals surface area contributed by atoms with Gasteiger partial charge in [0.1, 0.15) is 0 Å². The molecular weight excluding hydrogens is 272 g/mol. The fourth-order valence-electron chi connectivity index (χ4n) is 1.36. The van der Waals surface area contributed by atoms with Crippen molar-refractivity contribution < 1.29 is 26.3 Å². The lowest BCUT2D eigenvalue weighted by molar-refractivity contribution is -0.212. The molecule has 0 heterocycles. The van der Waals surface area contributed by atoms with Crippen molar-refractivity contribution in [3.8, 4) is 0 Å². The average molecular weight is 294 g/mol. The zero-order valence-electron chi connectivity index (χ0n) is 12.1. The summed E-state index contributed by atoms with van der Waals surface area (Å²) in [6.07, 6.45) is 0.163. The highest BCUT2D eigenvalue weighted by Crippen LogP contribution is 2.30. The van der Waals surface area contributed by atoms with E-state index in [1.54, 1.807) is 20.8 Å². The van der Waals surface area contributed by atoms with E-state index in [2.05, 4.69) is 10.8 Å². The largest absolute Gasteiger partial charge is 0.428 e. The predicted molar refractivity (Wildman–Crippen MR) is 70.4 cm³/mol. The standard InChI is InChI=1S/C12H22O6S/c1-7-12(10(5)6,17-11(13)9(3)4)18-19(14,15)16-8-2/h10H,3,7-8H2,1-2,4-6H3. The van der Waals surface area contributed by atoms with E-state index in [9.17, 15) is 13.2 Å². The summed E-state index contributed by atoms with van der Waals surface area (Å²) in [5.41, 5.74) is 0.163. The van der Waals surface area contributed by atoms with Crippen LogP contribution in [0.5, 0.6) is 0 Å². The van der Waals surface area contributed by atoms with Crippen molar-refractivity contribution in [3.63, 3.8) is 0 Å². The van der Waals surface area contributed by atoms with Crippen LogP contribution in [-0.4, -0.2) is 26.8 Å². The monoisotopic (exact) mass is 294 g/mol. The lowest BCUT2D eigenvalue weighted by atomic mass is 10.0. The predicted octanol–water partition coefficient (Wildman–Crippen LogP) is 2.17. The van der Waals surface area contributed by atoms with Crippen LogP contribution in [-0.2, 0) is 28.3 Å². The van der Waals surface area contributed by atoms with Gasteiger partial charge in [0, 0.05) is 17.9 Å². The highest BCUT2D eigenvalue weighted by atomic mass is 32.3. The van der Waals surface area contributed by atoms with Crippen LogP contribution in [0.15, 0.2) is 12.2 Å². The van der Waals surface area contributed by atoms with Crippen LogP contribution in [0, 0.1) is 5.92 Å². The minimum Gasteiger partial charge on any atom is -0.428 e. The molecule has 0 amide bonds. The maximum atomic E-state index is 11.6. The van der Waals surface area contributed by atoms with E-state index in [4.69, 9.17) is 8.92 Å². The van der Waals surface area contributed by atoms with Crippen molar-refractivity contribution in [1.82, 2.24) is 0 Å². The Morgan fingerprint density at radius 1 is 1.32 bits per heavy atom. The molecule has 1 unspecified atom stereocenters. The second-order valence-electron chi connectivity index (χ2n) is 4.39. The maximum absolute atomic E-state index is 11.6. The Kier molecular flexibility index (Phi) is 6.68. The van der Waals surface area contributed by atoms with E-state index in [0.717, 1.165) is 0 Å². The topological polar surface area (TPSA) is 78.9 Å². The Balaban J connectivity index is 5.30. The van der Waals surface area contributed by atoms with Crippen molar-refractivity contribution >= 4 is 16.4 Å². The Bertz CT molecular complexity index is 426. The van der Waals surface area contributed by atoms with Crippen LogP contribution in [0.4, 0.5) is 0 Å². The molecule has 0 aromatic heterocycles. The van der Waals surface area contributed by atoms with Gasteiger partial charge in [-0.1, -0.05) is 27.4 Å². The summed E-state index contributed by atoms with van der Waals surface area (Å²) >= 11 is 0. The molecule has 0 bridgehead atoms. The van der Waals surface area contributed by atoms with Gasteiger partial charge >= 0.3 is 16.4 Å². The molecule has 0 rings (SSSR count). The first kappa shape index (κ1) is 18.1. The quantitative estimate of drug-likeness (QED) is 0.388. The maximum Gasteiger partial charge on any atom is 0.403 e. The van der Waals surface area contributed by atoms with Gasteiger partial charge in [0.2, 0.25) is 5.79 Å². The number of ether oxygens (including phenoxy) is 1. The molecule has 0 aliphatic rings. The van der Waals surface area contributed by atoms with E-state index >= 15 is 0 Å². The van der Waals surface area contributed by atoms with Crippen LogP contribution >= 0.6 is 0 Å². The number of hydrogen-bond donors (Lipinski definition) is 0. The van der Waals surface area contributed by atoms with Crippen molar-refractivity contribution in [3.05, 3.63) is 12.2 Å². The summed E-state index contributed by atoms with van der Waals surface area (Å²) < 4.78 is 37.9. The molecule has 112 valence electrons. The van der Waals surface area contributed by atoms with Gasteiger partial charge in [0.05, 0.1) is 6.61 Å². The molecule has 19 heavy (non-hydrogen) atoms. The van der Waals surface area contributed by atoms with Crippen molar-refractivity contribution in [2.45, 2.75) is 46.8 Å². The van der Waals surface area contributed by atoms with Crippen molar-refractivity contribution in [2.24, 2.45) is 5.92 Å². The normalized spacial score (nSPS) is 15.1. The van der Waals surface area contributed by atoms with Gasteiger partial charge in [0.15, 0.2) is 0 Å². The molecule has 0 aliphatic carbocycles. The highest BCUT2D eigenvalue weighted by Gasteiger charge is 2.42. The van der Waals surface area contributed by atoms with Gasteiger partial charge in [-0.15, -0.1) is 0 Å². The molecule has 0 saturated carbocycles. The Morgan fingerprint density at radius 3 is 2.16 bits per heavy atom. The first-order valence-corrected chi connectivity index (χ1v) is 7.42. The smallest absolute Gasteiger partial charge is 0.403 e. The number of carbonyl (C=O) groups is 1. The van der Waals surface area contributed by atoms with Crippen LogP contribution in [0.2, 0.25) is 0 Å². The molecule has 6 nitrogen and oxygen atoms in total. The molecule has 0 radical (unpaired) electrons. The zero-order valence-corrected chi connectivity index (χ0v) is 12.9. The first-order valence-electron chi connectivity index (χ1n) is 6.09. The zero-order chi connectivity index (χ0) is 15.3. The molecule has 7 heteroatoms. The van der Waals surface area contributed by atoms with Crippen LogP contribution < -0.4 is 0 Å². The molecular formula is C12H22O6S. The summed E-state index contributed by atoms with van der Waals surface area (Å²) in [7, 11) is -4.22. The third kappa shape index (κ3) is 5.30. The molecule has 0 fully saturated rings. The van der Waals surface area contributed by atoms with Gasteiger partial charge < -0.3 is 4.74 Å². The second kappa shape index (κ2) is 7.02. The van der Waals surface area contributed by atoms with Crippen molar-refractivity contribution in [1.29, 1.82) is 0 Å². The summed E-state index contributed by atoms with van der Waals surface area (Å²) in [5.74, 6) is -2.68. The summed E-state index contributed by atoms with van der Waals surface area (Å²) in [6.45, 7) is 11.4. The first-order chi connectivity index (χ1) is 8.60. The van der Waals surface area contributed by atoms with Gasteiger partial charge in [-0.25, -0.2) is 13.2 Å². The lowest BCUT2D eigenvalue weighted by Gasteiger charge is -2.34. The SMILES string of the molecule is C=C(C)C(=O)OC(CC)(OS(=O)(=O)OCC)C(C)C. The lowest BCUT2D eigenvalue weighted by Crippen LogP contribution is -2.44. The molecule has 0 aromatic rings. The number of esters is 1. The van der Waals surface area contributed by atoms with E-state index in [0.29, 0.717) is 0 Å². The Labute approximate surface area is 115 Å². The highest BCUT2D eigenvalue weighted by molar-refractivity contribution is 7.81. The second-order valence-corrected chi connectivity index (χ2v) is 5.61. The van der Waals surface area contributed by atoms with Gasteiger partial charge in [-0.05, 0) is 13.8 Å². The number of carbonyl (C=O) groups excluding carboxylic acids is 1. The summed E-state index contributed by atoms with van der Waals surface area (Å²) in [4.78, 5) is 11.6. The van der Waals surface area contributed by atoms with E-state index in [-0.39, 0.29) is 24.5 Å². The third-order valence-corrected chi connectivity index (χ3v) is 3.50. The molecule has 0 saturated heterocycles. The van der Waals surface area contributed by atoms with Crippen LogP contribution in [0.25, 0.3) is 0 Å². The molecule has 0 aromatic carbocycles. The molecule has 0 N–H and O–H groups in total. The minimum atomic E-state index is -4.22. The average Bonchev–Trinajstić information content (AvgIpc) is 2.26. The van der Waals surface area contributed by atoms with E-state index in [1.165, 1.54) is 13.8 Å².